The van der Waals surface area contributed by atoms with Gasteiger partial charge in [-0.2, -0.15) is 0 Å². The zero-order valence-electron chi connectivity index (χ0n) is 8.31. The maximum absolute atomic E-state index is 11.7. The normalized spacial score (nSPS) is 12.1. The highest BCUT2D eigenvalue weighted by molar-refractivity contribution is 9.10. The van der Waals surface area contributed by atoms with Crippen molar-refractivity contribution >= 4 is 33.4 Å². The Bertz CT molecular complexity index is 434. The van der Waals surface area contributed by atoms with Gasteiger partial charge < -0.3 is 16.6 Å². The van der Waals surface area contributed by atoms with Crippen molar-refractivity contribution in [2.75, 3.05) is 5.73 Å². The van der Waals surface area contributed by atoms with E-state index in [1.165, 1.54) is 0 Å². The number of carboxylic acids is 1. The van der Waals surface area contributed by atoms with E-state index >= 15 is 0 Å². The number of halogens is 1. The summed E-state index contributed by atoms with van der Waals surface area (Å²) in [5.41, 5.74) is 11.5. The smallest absolute Gasteiger partial charge is 0.320 e. The van der Waals surface area contributed by atoms with Crippen molar-refractivity contribution in [3.05, 3.63) is 28.2 Å². The number of carbonyl (C=O) groups excluding carboxylic acids is 1. The number of anilines is 1. The van der Waals surface area contributed by atoms with Crippen LogP contribution in [0.3, 0.4) is 0 Å². The second-order valence-electron chi connectivity index (χ2n) is 3.30. The zero-order valence-corrected chi connectivity index (χ0v) is 9.90. The third-order valence-corrected chi connectivity index (χ3v) is 2.53. The van der Waals surface area contributed by atoms with Gasteiger partial charge in [0.15, 0.2) is 5.78 Å². The van der Waals surface area contributed by atoms with E-state index < -0.39 is 12.0 Å². The maximum Gasteiger partial charge on any atom is 0.320 e. The van der Waals surface area contributed by atoms with Gasteiger partial charge in [-0.3, -0.25) is 9.59 Å². The van der Waals surface area contributed by atoms with Crippen LogP contribution in [0, 0.1) is 0 Å². The van der Waals surface area contributed by atoms with Crippen molar-refractivity contribution in [1.82, 2.24) is 0 Å². The van der Waals surface area contributed by atoms with Gasteiger partial charge in [0.1, 0.15) is 6.04 Å². The SMILES string of the molecule is Nc1ccc(Br)cc1C(=O)CC(N)C(=O)O. The molecule has 1 atom stereocenters. The van der Waals surface area contributed by atoms with Crippen molar-refractivity contribution in [2.24, 2.45) is 5.73 Å². The lowest BCUT2D eigenvalue weighted by Crippen LogP contribution is -2.32. The van der Waals surface area contributed by atoms with E-state index in [0.29, 0.717) is 10.2 Å². The molecule has 0 saturated heterocycles. The first-order valence-electron chi connectivity index (χ1n) is 4.48. The van der Waals surface area contributed by atoms with Gasteiger partial charge in [0.25, 0.3) is 0 Å². The predicted octanol–water partition coefficient (Wildman–Crippen LogP) is 1.02. The van der Waals surface area contributed by atoms with E-state index in [-0.39, 0.29) is 17.8 Å². The molecule has 0 aromatic heterocycles. The molecule has 0 saturated carbocycles. The van der Waals surface area contributed by atoms with Crippen molar-refractivity contribution in [3.8, 4) is 0 Å². The monoisotopic (exact) mass is 286 g/mol. The molecule has 0 amide bonds. The fourth-order valence-corrected chi connectivity index (χ4v) is 1.53. The van der Waals surface area contributed by atoms with Gasteiger partial charge in [-0.25, -0.2) is 0 Å². The molecule has 0 bridgehead atoms. The summed E-state index contributed by atoms with van der Waals surface area (Å²) < 4.78 is 0.703. The molecular weight excluding hydrogens is 276 g/mol. The van der Waals surface area contributed by atoms with E-state index in [1.54, 1.807) is 18.2 Å². The highest BCUT2D eigenvalue weighted by atomic mass is 79.9. The van der Waals surface area contributed by atoms with Crippen LogP contribution in [0.15, 0.2) is 22.7 Å². The minimum absolute atomic E-state index is 0.268. The Balaban J connectivity index is 2.88. The van der Waals surface area contributed by atoms with Crippen LogP contribution in [-0.2, 0) is 4.79 Å². The second-order valence-corrected chi connectivity index (χ2v) is 4.22. The number of carbonyl (C=O) groups is 2. The van der Waals surface area contributed by atoms with Crippen molar-refractivity contribution in [1.29, 1.82) is 0 Å². The first-order valence-corrected chi connectivity index (χ1v) is 5.27. The van der Waals surface area contributed by atoms with Crippen LogP contribution in [0.25, 0.3) is 0 Å². The fraction of sp³-hybridized carbons (Fsp3) is 0.200. The molecule has 6 heteroatoms. The second kappa shape index (κ2) is 5.09. The molecular formula is C10H11BrN2O3. The molecule has 0 heterocycles. The van der Waals surface area contributed by atoms with E-state index in [9.17, 15) is 9.59 Å². The quantitative estimate of drug-likeness (QED) is 0.566. The maximum atomic E-state index is 11.7. The van der Waals surface area contributed by atoms with Crippen LogP contribution >= 0.6 is 15.9 Å². The molecule has 1 aromatic rings. The Hall–Kier alpha value is -1.40. The van der Waals surface area contributed by atoms with E-state index in [2.05, 4.69) is 15.9 Å². The lowest BCUT2D eigenvalue weighted by molar-refractivity contribution is -0.138. The summed E-state index contributed by atoms with van der Waals surface area (Å²) in [6.07, 6.45) is -0.268. The highest BCUT2D eigenvalue weighted by Gasteiger charge is 2.19. The van der Waals surface area contributed by atoms with Gasteiger partial charge in [-0.15, -0.1) is 0 Å². The van der Waals surface area contributed by atoms with Crippen molar-refractivity contribution in [2.45, 2.75) is 12.5 Å². The summed E-state index contributed by atoms with van der Waals surface area (Å²) in [7, 11) is 0. The lowest BCUT2D eigenvalue weighted by Gasteiger charge is -2.08. The van der Waals surface area contributed by atoms with Gasteiger partial charge in [-0.1, -0.05) is 15.9 Å². The molecule has 0 aliphatic heterocycles. The van der Waals surface area contributed by atoms with E-state index in [4.69, 9.17) is 16.6 Å². The number of Topliss-reactive ketones (excluding diaryl/α,β-unsaturated/α-hetero) is 1. The summed E-state index contributed by atoms with van der Waals surface area (Å²) in [6, 6.07) is 3.62. The molecule has 16 heavy (non-hydrogen) atoms. The Labute approximate surface area is 101 Å². The van der Waals surface area contributed by atoms with Crippen LogP contribution in [0.5, 0.6) is 0 Å². The summed E-state index contributed by atoms with van der Waals surface area (Å²) >= 11 is 3.20. The zero-order chi connectivity index (χ0) is 12.3. The molecule has 86 valence electrons. The average molecular weight is 287 g/mol. The highest BCUT2D eigenvalue weighted by Crippen LogP contribution is 2.20. The minimum Gasteiger partial charge on any atom is -0.480 e. The molecule has 5 N–H and O–H groups in total. The number of hydrogen-bond acceptors (Lipinski definition) is 4. The molecule has 0 fully saturated rings. The number of aliphatic carboxylic acids is 1. The van der Waals surface area contributed by atoms with Crippen molar-refractivity contribution in [3.63, 3.8) is 0 Å². The number of nitrogen functional groups attached to an aromatic ring is 1. The van der Waals surface area contributed by atoms with E-state index in [0.717, 1.165) is 0 Å². The molecule has 0 radical (unpaired) electrons. The van der Waals surface area contributed by atoms with Gasteiger partial charge in [0.2, 0.25) is 0 Å². The molecule has 1 rings (SSSR count). The standard InChI is InChI=1S/C10H11BrN2O3/c11-5-1-2-7(12)6(3-5)9(14)4-8(13)10(15)16/h1-3,8H,4,12-13H2,(H,15,16). The van der Waals surface area contributed by atoms with Gasteiger partial charge in [0, 0.05) is 22.1 Å². The minimum atomic E-state index is -1.21. The predicted molar refractivity (Wildman–Crippen MR) is 63.1 cm³/mol. The Morgan fingerprint density at radius 2 is 2.06 bits per heavy atom. The Morgan fingerprint density at radius 3 is 2.62 bits per heavy atom. The molecule has 5 nitrogen and oxygen atoms in total. The van der Waals surface area contributed by atoms with Gasteiger partial charge in [0.05, 0.1) is 0 Å². The van der Waals surface area contributed by atoms with Crippen LogP contribution in [0.1, 0.15) is 16.8 Å². The number of carboxylic acid groups (broad SMARTS) is 1. The molecule has 0 spiro atoms. The summed E-state index contributed by atoms with van der Waals surface area (Å²) in [5.74, 6) is -1.59. The van der Waals surface area contributed by atoms with Crippen LogP contribution in [0.4, 0.5) is 5.69 Å². The number of nitrogens with two attached hydrogens (primary N) is 2. The lowest BCUT2D eigenvalue weighted by atomic mass is 10.0. The van der Waals surface area contributed by atoms with Gasteiger partial charge in [-0.05, 0) is 18.2 Å². The van der Waals surface area contributed by atoms with Crippen LogP contribution in [0.2, 0.25) is 0 Å². The van der Waals surface area contributed by atoms with Gasteiger partial charge >= 0.3 is 5.97 Å². The summed E-state index contributed by atoms with van der Waals surface area (Å²) in [4.78, 5) is 22.2. The summed E-state index contributed by atoms with van der Waals surface area (Å²) in [5, 5.41) is 8.58. The van der Waals surface area contributed by atoms with Crippen molar-refractivity contribution < 1.29 is 14.7 Å². The first kappa shape index (κ1) is 12.7. The molecule has 0 aliphatic carbocycles. The third kappa shape index (κ3) is 3.04. The van der Waals surface area contributed by atoms with Crippen LogP contribution in [-0.4, -0.2) is 22.9 Å². The average Bonchev–Trinajstić information content (AvgIpc) is 2.21. The van der Waals surface area contributed by atoms with Crippen LogP contribution < -0.4 is 11.5 Å². The number of hydrogen-bond donors (Lipinski definition) is 3. The largest absolute Gasteiger partial charge is 0.480 e. The molecule has 0 aliphatic rings. The van der Waals surface area contributed by atoms with E-state index in [1.807, 2.05) is 0 Å². The summed E-state index contributed by atoms with van der Waals surface area (Å²) in [6.45, 7) is 0. The topological polar surface area (TPSA) is 106 Å². The fourth-order valence-electron chi connectivity index (χ4n) is 1.17. The number of rotatable bonds is 4. The number of benzene rings is 1. The first-order chi connectivity index (χ1) is 7.41. The molecule has 1 unspecified atom stereocenters. The third-order valence-electron chi connectivity index (χ3n) is 2.04. The Morgan fingerprint density at radius 1 is 1.44 bits per heavy atom. The Kier molecular flexibility index (Phi) is 4.03. The molecule has 1 aromatic carbocycles. The number of ketones is 1.